The number of hydrogen-bond donors (Lipinski definition) is 2. The number of ether oxygens (including phenoxy) is 2. The summed E-state index contributed by atoms with van der Waals surface area (Å²) >= 11 is 5.03. The van der Waals surface area contributed by atoms with E-state index < -0.39 is 5.60 Å². The third kappa shape index (κ3) is 5.25. The van der Waals surface area contributed by atoms with Crippen molar-refractivity contribution in [2.24, 2.45) is 5.92 Å². The highest BCUT2D eigenvalue weighted by Crippen LogP contribution is 2.42. The van der Waals surface area contributed by atoms with Gasteiger partial charge in [0.25, 0.3) is 5.91 Å². The maximum Gasteiger partial charge on any atom is 0.253 e. The summed E-state index contributed by atoms with van der Waals surface area (Å²) < 4.78 is 14.2. The molecule has 0 aliphatic carbocycles. The number of aryl methyl sites for hydroxylation is 1. The molecule has 0 saturated carbocycles. The lowest BCUT2D eigenvalue weighted by atomic mass is 9.92. The second-order valence-corrected chi connectivity index (χ2v) is 11.5. The number of fused-ring (bicyclic) bond motifs is 2. The number of nitrogen functional groups attached to an aromatic ring is 1. The zero-order valence-electron chi connectivity index (χ0n) is 20.2. The normalized spacial score (nSPS) is 16.5. The molecule has 10 nitrogen and oxygen atoms in total. The van der Waals surface area contributed by atoms with Crippen molar-refractivity contribution in [3.05, 3.63) is 22.9 Å². The van der Waals surface area contributed by atoms with E-state index in [1.807, 2.05) is 16.7 Å². The minimum Gasteiger partial charge on any atom is -0.486 e. The Kier molecular flexibility index (Phi) is 7.01. The number of nitrogens with zero attached hydrogens (tertiary/aromatic N) is 5. The third-order valence-electron chi connectivity index (χ3n) is 6.47. The number of imidazole rings is 1. The maximum atomic E-state index is 12.3. The molecule has 0 unspecified atom stereocenters. The lowest BCUT2D eigenvalue weighted by Gasteiger charge is -2.35. The summed E-state index contributed by atoms with van der Waals surface area (Å²) in [6.07, 6.45) is 4.45. The molecule has 5 rings (SSSR count). The second kappa shape index (κ2) is 10.1. The molecular weight excluding hydrogens is 548 g/mol. The molecule has 36 heavy (non-hydrogen) atoms. The Bertz CT molecular complexity index is 1240. The van der Waals surface area contributed by atoms with Gasteiger partial charge in [0.05, 0.1) is 6.33 Å². The maximum absolute atomic E-state index is 12.3. The standard InChI is InChI=1S/C24H29BrN6O4S/c1-24(2,33)22(32)30-6-3-14(4-7-30)5-8-31-13-27-20(26)19-21(31)29-23(28-19)36-18-12-17-16(11-15(18)25)34-9-10-35-17/h11-14,33H,3-10,26H2,1-2H3. The van der Waals surface area contributed by atoms with Gasteiger partial charge in [-0.05, 0) is 78.9 Å². The highest BCUT2D eigenvalue weighted by Gasteiger charge is 2.32. The second-order valence-electron chi connectivity index (χ2n) is 9.61. The fraction of sp³-hybridized carbons (Fsp3) is 0.500. The monoisotopic (exact) mass is 576 g/mol. The Labute approximate surface area is 222 Å². The van der Waals surface area contributed by atoms with Crippen LogP contribution in [0.5, 0.6) is 11.5 Å². The van der Waals surface area contributed by atoms with E-state index in [1.54, 1.807) is 11.2 Å². The van der Waals surface area contributed by atoms with Crippen molar-refractivity contribution < 1.29 is 19.4 Å². The van der Waals surface area contributed by atoms with E-state index in [2.05, 4.69) is 25.9 Å². The van der Waals surface area contributed by atoms with Crippen LogP contribution in [0, 0.1) is 5.92 Å². The average Bonchev–Trinajstić information content (AvgIpc) is 3.28. The predicted octanol–water partition coefficient (Wildman–Crippen LogP) is 3.44. The van der Waals surface area contributed by atoms with Gasteiger partial charge < -0.3 is 29.8 Å². The Morgan fingerprint density at radius 2 is 1.92 bits per heavy atom. The van der Waals surface area contributed by atoms with Crippen molar-refractivity contribution in [2.45, 2.75) is 55.3 Å². The molecule has 1 amide bonds. The Morgan fingerprint density at radius 3 is 2.61 bits per heavy atom. The first-order valence-electron chi connectivity index (χ1n) is 12.0. The predicted molar refractivity (Wildman–Crippen MR) is 138 cm³/mol. The van der Waals surface area contributed by atoms with Crippen molar-refractivity contribution in [2.75, 3.05) is 32.0 Å². The van der Waals surface area contributed by atoms with Crippen LogP contribution in [0.4, 0.5) is 5.82 Å². The van der Waals surface area contributed by atoms with Gasteiger partial charge in [0, 0.05) is 29.0 Å². The number of nitrogens with two attached hydrogens (primary N) is 1. The molecule has 4 aliphatic rings. The Balaban J connectivity index is 1.27. The topological polar surface area (TPSA) is 129 Å². The highest BCUT2D eigenvalue weighted by atomic mass is 79.9. The smallest absolute Gasteiger partial charge is 0.253 e. The third-order valence-corrected chi connectivity index (χ3v) is 8.31. The summed E-state index contributed by atoms with van der Waals surface area (Å²) in [5.41, 5.74) is 5.39. The van der Waals surface area contributed by atoms with Crippen molar-refractivity contribution in [3.63, 3.8) is 0 Å². The molecule has 0 radical (unpaired) electrons. The Morgan fingerprint density at radius 1 is 1.22 bits per heavy atom. The first-order chi connectivity index (χ1) is 17.2. The van der Waals surface area contributed by atoms with Crippen LogP contribution in [0.25, 0.3) is 11.5 Å². The molecule has 4 heterocycles. The van der Waals surface area contributed by atoms with Crippen molar-refractivity contribution in [1.29, 1.82) is 0 Å². The molecule has 1 aromatic carbocycles. The number of benzene rings is 1. The minimum absolute atomic E-state index is 0.207. The summed E-state index contributed by atoms with van der Waals surface area (Å²) in [6, 6.07) is 3.82. The summed E-state index contributed by atoms with van der Waals surface area (Å²) in [5, 5.41) is 10.6. The molecule has 192 valence electrons. The zero-order chi connectivity index (χ0) is 25.4. The van der Waals surface area contributed by atoms with E-state index in [-0.39, 0.29) is 5.91 Å². The van der Waals surface area contributed by atoms with Crippen molar-refractivity contribution >= 4 is 39.4 Å². The first kappa shape index (κ1) is 25.1. The minimum atomic E-state index is -1.33. The van der Waals surface area contributed by atoms with Gasteiger partial charge in [0.1, 0.15) is 18.8 Å². The lowest BCUT2D eigenvalue weighted by Crippen LogP contribution is -2.48. The summed E-state index contributed by atoms with van der Waals surface area (Å²) in [4.78, 5) is 28.8. The van der Waals surface area contributed by atoms with Gasteiger partial charge in [-0.2, -0.15) is 0 Å². The largest absolute Gasteiger partial charge is 0.486 e. The molecule has 0 aromatic heterocycles. The van der Waals surface area contributed by atoms with Gasteiger partial charge in [-0.15, -0.1) is 0 Å². The first-order valence-corrected chi connectivity index (χ1v) is 13.6. The number of hydrogen-bond acceptors (Lipinski definition) is 9. The number of aliphatic hydroxyl groups is 1. The van der Waals surface area contributed by atoms with Gasteiger partial charge in [0.2, 0.25) is 0 Å². The van der Waals surface area contributed by atoms with E-state index in [4.69, 9.17) is 20.2 Å². The summed E-state index contributed by atoms with van der Waals surface area (Å²) in [6.45, 7) is 6.18. The molecule has 12 heteroatoms. The van der Waals surface area contributed by atoms with E-state index >= 15 is 0 Å². The number of aromatic nitrogens is 4. The average molecular weight is 578 g/mol. The number of likely N-dealkylation sites (tertiary alicyclic amines) is 1. The molecule has 0 spiro atoms. The Hall–Kier alpha value is -2.57. The summed E-state index contributed by atoms with van der Waals surface area (Å²) in [7, 11) is 0. The number of amides is 1. The molecule has 3 N–H and O–H groups in total. The van der Waals surface area contributed by atoms with Crippen molar-refractivity contribution in [1.82, 2.24) is 24.4 Å². The van der Waals surface area contributed by atoms with Crippen molar-refractivity contribution in [3.8, 4) is 23.0 Å². The number of halogens is 1. The summed E-state index contributed by atoms with van der Waals surface area (Å²) in [5.74, 6) is 2.73. The van der Waals surface area contributed by atoms with Crippen LogP contribution >= 0.6 is 27.7 Å². The fourth-order valence-electron chi connectivity index (χ4n) is 4.50. The van der Waals surface area contributed by atoms with E-state index in [1.165, 1.54) is 25.6 Å². The van der Waals surface area contributed by atoms with Crippen LogP contribution in [0.1, 0.15) is 33.1 Å². The van der Waals surface area contributed by atoms with Crippen LogP contribution < -0.4 is 15.2 Å². The number of carbonyl (C=O) groups excluding carboxylic acids is 1. The van der Waals surface area contributed by atoms with Gasteiger partial charge >= 0.3 is 0 Å². The van der Waals surface area contributed by atoms with Gasteiger partial charge in [0.15, 0.2) is 34.0 Å². The quantitative estimate of drug-likeness (QED) is 0.453. The highest BCUT2D eigenvalue weighted by molar-refractivity contribution is 9.10. The van der Waals surface area contributed by atoms with Crippen LogP contribution in [0.15, 0.2) is 33.0 Å². The van der Waals surface area contributed by atoms with E-state index in [0.29, 0.717) is 66.2 Å². The van der Waals surface area contributed by atoms with E-state index in [0.717, 1.165) is 35.2 Å². The van der Waals surface area contributed by atoms with Crippen LogP contribution in [-0.4, -0.2) is 67.3 Å². The molecule has 1 fully saturated rings. The lowest BCUT2D eigenvalue weighted by molar-refractivity contribution is -0.149. The zero-order valence-corrected chi connectivity index (χ0v) is 22.6. The SMILES string of the molecule is CC(C)(O)C(=O)N1CCC(CCn2cnc(N)c3nc(Sc4cc5c(cc4Br)OCCO5)nc2-3)CC1. The van der Waals surface area contributed by atoms with Crippen LogP contribution in [0.2, 0.25) is 0 Å². The van der Waals surface area contributed by atoms with Gasteiger partial charge in [-0.1, -0.05) is 0 Å². The van der Waals surface area contributed by atoms with Crippen LogP contribution in [-0.2, 0) is 11.3 Å². The number of rotatable bonds is 6. The molecule has 4 aliphatic heterocycles. The molecule has 0 bridgehead atoms. The number of anilines is 1. The van der Waals surface area contributed by atoms with E-state index in [9.17, 15) is 9.90 Å². The number of piperidine rings is 1. The fourth-order valence-corrected chi connectivity index (χ4v) is 5.85. The van der Waals surface area contributed by atoms with Gasteiger partial charge in [-0.3, -0.25) is 4.79 Å². The van der Waals surface area contributed by atoms with Crippen LogP contribution in [0.3, 0.4) is 0 Å². The molecule has 1 saturated heterocycles. The molecule has 0 atom stereocenters. The van der Waals surface area contributed by atoms with Gasteiger partial charge in [-0.25, -0.2) is 15.0 Å². The number of carbonyl (C=O) groups is 1. The molecular formula is C24H29BrN6O4S. The molecule has 1 aromatic rings.